The van der Waals surface area contributed by atoms with Crippen molar-refractivity contribution in [2.45, 2.75) is 27.3 Å². The van der Waals surface area contributed by atoms with Gasteiger partial charge in [-0.05, 0) is 43.9 Å². The van der Waals surface area contributed by atoms with E-state index in [0.29, 0.717) is 6.54 Å². The molecule has 0 saturated carbocycles. The van der Waals surface area contributed by atoms with Crippen LogP contribution in [0, 0.1) is 20.8 Å². The van der Waals surface area contributed by atoms with Crippen LogP contribution in [0.5, 0.6) is 0 Å². The maximum absolute atomic E-state index is 11.8. The van der Waals surface area contributed by atoms with Crippen LogP contribution in [0.25, 0.3) is 6.08 Å². The lowest BCUT2D eigenvalue weighted by atomic mass is 10.2. The average molecular weight is 289 g/mol. The summed E-state index contributed by atoms with van der Waals surface area (Å²) in [6, 6.07) is 2.06. The number of thiophene rings is 1. The van der Waals surface area contributed by atoms with Gasteiger partial charge in [-0.2, -0.15) is 5.10 Å². The minimum absolute atomic E-state index is 0.0829. The van der Waals surface area contributed by atoms with Crippen molar-refractivity contribution >= 4 is 23.3 Å². The molecule has 5 heteroatoms. The van der Waals surface area contributed by atoms with Crippen LogP contribution in [-0.2, 0) is 18.4 Å². The second-order valence-corrected chi connectivity index (χ2v) is 5.79. The monoisotopic (exact) mass is 289 g/mol. The number of rotatable bonds is 4. The van der Waals surface area contributed by atoms with Gasteiger partial charge in [0.05, 0.1) is 12.2 Å². The number of hydrogen-bond acceptors (Lipinski definition) is 3. The van der Waals surface area contributed by atoms with Gasteiger partial charge in [0.15, 0.2) is 0 Å². The largest absolute Gasteiger partial charge is 0.348 e. The lowest BCUT2D eigenvalue weighted by Crippen LogP contribution is -2.19. The Morgan fingerprint density at radius 2 is 2.20 bits per heavy atom. The summed E-state index contributed by atoms with van der Waals surface area (Å²) in [5, 5.41) is 9.26. The highest BCUT2D eigenvalue weighted by atomic mass is 32.1. The lowest BCUT2D eigenvalue weighted by molar-refractivity contribution is -0.116. The Kier molecular flexibility index (Phi) is 4.39. The first-order chi connectivity index (χ1) is 9.49. The maximum Gasteiger partial charge on any atom is 0.244 e. The molecule has 2 heterocycles. The summed E-state index contributed by atoms with van der Waals surface area (Å²) < 4.78 is 1.82. The molecule has 0 aliphatic heterocycles. The summed E-state index contributed by atoms with van der Waals surface area (Å²) in [4.78, 5) is 13.0. The molecule has 0 unspecified atom stereocenters. The molecule has 0 bridgehead atoms. The minimum Gasteiger partial charge on any atom is -0.348 e. The maximum atomic E-state index is 11.8. The second kappa shape index (κ2) is 6.05. The predicted octanol–water partition coefficient (Wildman–Crippen LogP) is 2.74. The summed E-state index contributed by atoms with van der Waals surface area (Å²) in [6.45, 7) is 6.57. The summed E-state index contributed by atoms with van der Waals surface area (Å²) in [5.74, 6) is -0.0829. The molecule has 0 atom stereocenters. The van der Waals surface area contributed by atoms with Gasteiger partial charge >= 0.3 is 0 Å². The molecule has 0 radical (unpaired) electrons. The van der Waals surface area contributed by atoms with Gasteiger partial charge in [-0.25, -0.2) is 0 Å². The number of carbonyl (C=O) groups excluding carboxylic acids is 1. The molecule has 0 spiro atoms. The predicted molar refractivity (Wildman–Crippen MR) is 82.6 cm³/mol. The normalized spacial score (nSPS) is 11.2. The Morgan fingerprint density at radius 3 is 2.75 bits per heavy atom. The molecule has 4 nitrogen and oxygen atoms in total. The van der Waals surface area contributed by atoms with Crippen LogP contribution in [-0.4, -0.2) is 15.7 Å². The van der Waals surface area contributed by atoms with E-state index in [9.17, 15) is 4.79 Å². The SMILES string of the molecule is Cc1ccsc1CNC(=O)C=Cc1c(C)nn(C)c1C. The van der Waals surface area contributed by atoms with Gasteiger partial charge in [-0.1, -0.05) is 0 Å². The Morgan fingerprint density at radius 1 is 1.45 bits per heavy atom. The Bertz CT molecular complexity index is 652. The van der Waals surface area contributed by atoms with Crippen molar-refractivity contribution in [3.8, 4) is 0 Å². The van der Waals surface area contributed by atoms with Crippen LogP contribution >= 0.6 is 11.3 Å². The molecule has 2 aromatic rings. The quantitative estimate of drug-likeness (QED) is 0.880. The summed E-state index contributed by atoms with van der Waals surface area (Å²) in [5.41, 5.74) is 4.22. The van der Waals surface area contributed by atoms with Crippen LogP contribution < -0.4 is 5.32 Å². The van der Waals surface area contributed by atoms with Gasteiger partial charge in [0.2, 0.25) is 5.91 Å². The minimum atomic E-state index is -0.0829. The number of nitrogens with one attached hydrogen (secondary N) is 1. The smallest absolute Gasteiger partial charge is 0.244 e. The Balaban J connectivity index is 1.97. The topological polar surface area (TPSA) is 46.9 Å². The van der Waals surface area contributed by atoms with E-state index in [1.54, 1.807) is 17.4 Å². The Labute approximate surface area is 123 Å². The van der Waals surface area contributed by atoms with E-state index < -0.39 is 0 Å². The highest BCUT2D eigenvalue weighted by Gasteiger charge is 2.06. The zero-order valence-corrected chi connectivity index (χ0v) is 13.0. The third kappa shape index (κ3) is 3.17. The van der Waals surface area contributed by atoms with Crippen LogP contribution in [0.2, 0.25) is 0 Å². The molecule has 20 heavy (non-hydrogen) atoms. The van der Waals surface area contributed by atoms with Crippen molar-refractivity contribution in [3.05, 3.63) is 44.9 Å². The van der Waals surface area contributed by atoms with Crippen molar-refractivity contribution in [3.63, 3.8) is 0 Å². The molecule has 2 aromatic heterocycles. The van der Waals surface area contributed by atoms with Gasteiger partial charge in [-0.3, -0.25) is 9.48 Å². The molecule has 0 aromatic carbocycles. The van der Waals surface area contributed by atoms with Gasteiger partial charge < -0.3 is 5.32 Å². The number of aromatic nitrogens is 2. The number of amides is 1. The van der Waals surface area contributed by atoms with E-state index in [0.717, 1.165) is 17.0 Å². The number of aryl methyl sites for hydroxylation is 3. The van der Waals surface area contributed by atoms with Crippen molar-refractivity contribution in [1.29, 1.82) is 0 Å². The summed E-state index contributed by atoms with van der Waals surface area (Å²) in [7, 11) is 1.90. The van der Waals surface area contributed by atoms with Crippen molar-refractivity contribution in [1.82, 2.24) is 15.1 Å². The molecule has 0 saturated heterocycles. The molecule has 1 amide bonds. The molecule has 0 aliphatic rings. The second-order valence-electron chi connectivity index (χ2n) is 4.79. The van der Waals surface area contributed by atoms with Gasteiger partial charge in [0.1, 0.15) is 0 Å². The van der Waals surface area contributed by atoms with Crippen LogP contribution in [0.1, 0.15) is 27.4 Å². The van der Waals surface area contributed by atoms with Gasteiger partial charge in [0.25, 0.3) is 0 Å². The van der Waals surface area contributed by atoms with E-state index in [-0.39, 0.29) is 5.91 Å². The van der Waals surface area contributed by atoms with Crippen LogP contribution in [0.4, 0.5) is 0 Å². The fourth-order valence-electron chi connectivity index (χ4n) is 2.00. The van der Waals surface area contributed by atoms with Crippen molar-refractivity contribution in [2.24, 2.45) is 7.05 Å². The molecular formula is C15H19N3OS. The summed E-state index contributed by atoms with van der Waals surface area (Å²) in [6.07, 6.45) is 3.40. The molecule has 106 valence electrons. The first-order valence-electron chi connectivity index (χ1n) is 6.48. The molecule has 2 rings (SSSR count). The number of nitrogens with zero attached hydrogens (tertiary/aromatic N) is 2. The van der Waals surface area contributed by atoms with E-state index in [4.69, 9.17) is 0 Å². The first kappa shape index (κ1) is 14.5. The molecule has 0 fully saturated rings. The standard InChI is InChI=1S/C15H19N3OS/c1-10-7-8-20-14(10)9-16-15(19)6-5-13-11(2)17-18(4)12(13)3/h5-8H,9H2,1-4H3,(H,16,19). The molecular weight excluding hydrogens is 270 g/mol. The number of carbonyl (C=O) groups is 1. The highest BCUT2D eigenvalue weighted by Crippen LogP contribution is 2.15. The van der Waals surface area contributed by atoms with E-state index in [1.165, 1.54) is 10.4 Å². The van der Waals surface area contributed by atoms with Crippen molar-refractivity contribution in [2.75, 3.05) is 0 Å². The lowest BCUT2D eigenvalue weighted by Gasteiger charge is -2.01. The highest BCUT2D eigenvalue weighted by molar-refractivity contribution is 7.10. The third-order valence-electron chi connectivity index (χ3n) is 3.36. The van der Waals surface area contributed by atoms with E-state index in [2.05, 4.69) is 23.4 Å². The molecule has 0 aliphatic carbocycles. The average Bonchev–Trinajstić information content (AvgIpc) is 2.91. The van der Waals surface area contributed by atoms with Gasteiger partial charge in [-0.15, -0.1) is 11.3 Å². The van der Waals surface area contributed by atoms with E-state index >= 15 is 0 Å². The van der Waals surface area contributed by atoms with Crippen molar-refractivity contribution < 1.29 is 4.79 Å². The zero-order valence-electron chi connectivity index (χ0n) is 12.2. The summed E-state index contributed by atoms with van der Waals surface area (Å²) >= 11 is 1.66. The van der Waals surface area contributed by atoms with Crippen LogP contribution in [0.15, 0.2) is 17.5 Å². The van der Waals surface area contributed by atoms with Gasteiger partial charge in [0, 0.05) is 29.3 Å². The Hall–Kier alpha value is -1.88. The molecule has 1 N–H and O–H groups in total. The van der Waals surface area contributed by atoms with E-state index in [1.807, 2.05) is 37.0 Å². The zero-order chi connectivity index (χ0) is 14.7. The fraction of sp³-hybridized carbons (Fsp3) is 0.333. The van der Waals surface area contributed by atoms with Crippen LogP contribution in [0.3, 0.4) is 0 Å². The third-order valence-corrected chi connectivity index (χ3v) is 4.38. The fourth-order valence-corrected chi connectivity index (χ4v) is 2.85. The first-order valence-corrected chi connectivity index (χ1v) is 7.36. The number of hydrogen-bond donors (Lipinski definition) is 1.